The lowest BCUT2D eigenvalue weighted by Crippen LogP contribution is -2.38. The summed E-state index contributed by atoms with van der Waals surface area (Å²) in [6.45, 7) is 3.65. The maximum atomic E-state index is 13.1. The van der Waals surface area contributed by atoms with Gasteiger partial charge in [-0.25, -0.2) is 18.4 Å². The van der Waals surface area contributed by atoms with Crippen LogP contribution >= 0.6 is 22.7 Å². The van der Waals surface area contributed by atoms with Crippen molar-refractivity contribution in [1.82, 2.24) is 24.0 Å². The summed E-state index contributed by atoms with van der Waals surface area (Å²) in [6, 6.07) is 5.15. The average molecular weight is 476 g/mol. The van der Waals surface area contributed by atoms with Gasteiger partial charge in [0.15, 0.2) is 0 Å². The molecule has 5 heterocycles. The van der Waals surface area contributed by atoms with Gasteiger partial charge in [-0.2, -0.15) is 4.31 Å². The van der Waals surface area contributed by atoms with Crippen LogP contribution in [0.2, 0.25) is 0 Å². The van der Waals surface area contributed by atoms with Gasteiger partial charge >= 0.3 is 0 Å². The van der Waals surface area contributed by atoms with Gasteiger partial charge in [0, 0.05) is 42.8 Å². The Bertz CT molecular complexity index is 1260. The Morgan fingerprint density at radius 3 is 2.77 bits per heavy atom. The van der Waals surface area contributed by atoms with Gasteiger partial charge in [-0.1, -0.05) is 5.16 Å². The molecule has 0 aliphatic carbocycles. The number of hydrogen-bond donors (Lipinski definition) is 0. The highest BCUT2D eigenvalue weighted by molar-refractivity contribution is 7.91. The van der Waals surface area contributed by atoms with Gasteiger partial charge in [-0.05, 0) is 31.9 Å². The summed E-state index contributed by atoms with van der Waals surface area (Å²) >= 11 is 2.86. The zero-order valence-electron chi connectivity index (χ0n) is 16.8. The van der Waals surface area contributed by atoms with Gasteiger partial charge in [0.25, 0.3) is 10.0 Å². The van der Waals surface area contributed by atoms with Gasteiger partial charge in [0.1, 0.15) is 22.0 Å². The van der Waals surface area contributed by atoms with Crippen molar-refractivity contribution in [3.63, 3.8) is 0 Å². The molecular weight excluding hydrogens is 454 g/mol. The Morgan fingerprint density at radius 2 is 2.06 bits per heavy atom. The summed E-state index contributed by atoms with van der Waals surface area (Å²) in [6.07, 6.45) is 6.76. The largest absolute Gasteiger partial charge is 0.364 e. The molecule has 1 saturated heterocycles. The Labute approximate surface area is 188 Å². The van der Waals surface area contributed by atoms with Crippen LogP contribution in [0, 0.1) is 6.92 Å². The molecule has 0 bridgehead atoms. The zero-order valence-corrected chi connectivity index (χ0v) is 19.3. The second-order valence-electron chi connectivity index (χ2n) is 7.45. The van der Waals surface area contributed by atoms with Crippen molar-refractivity contribution < 1.29 is 12.9 Å². The van der Waals surface area contributed by atoms with E-state index in [4.69, 9.17) is 4.52 Å². The summed E-state index contributed by atoms with van der Waals surface area (Å²) < 4.78 is 35.2. The van der Waals surface area contributed by atoms with E-state index < -0.39 is 10.0 Å². The highest BCUT2D eigenvalue weighted by atomic mass is 32.2. The second-order valence-corrected chi connectivity index (χ2v) is 11.8. The predicted molar refractivity (Wildman–Crippen MR) is 119 cm³/mol. The molecule has 162 valence electrons. The topological polar surface area (TPSA) is 94.1 Å². The number of imidazole rings is 1. The molecule has 0 saturated carbocycles. The molecule has 0 N–H and O–H groups in total. The fourth-order valence-corrected chi connectivity index (χ4v) is 7.38. The first kappa shape index (κ1) is 20.6. The summed E-state index contributed by atoms with van der Waals surface area (Å²) in [5.74, 6) is 1.24. The van der Waals surface area contributed by atoms with Gasteiger partial charge in [0.05, 0.1) is 22.1 Å². The average Bonchev–Trinajstić information content (AvgIpc) is 3.55. The van der Waals surface area contributed by atoms with Crippen molar-refractivity contribution in [2.75, 3.05) is 13.1 Å². The Morgan fingerprint density at radius 1 is 1.23 bits per heavy atom. The maximum Gasteiger partial charge on any atom is 0.252 e. The van der Waals surface area contributed by atoms with E-state index in [9.17, 15) is 8.42 Å². The third-order valence-electron chi connectivity index (χ3n) is 5.43. The number of piperidine rings is 1. The SMILES string of the molecule is Cc1nc(Cn2ccnc2C2CCN(S(=O)(=O)c3ccc(-c4ccon4)s3)CC2)cs1. The van der Waals surface area contributed by atoms with Crippen molar-refractivity contribution in [1.29, 1.82) is 0 Å². The van der Waals surface area contributed by atoms with Crippen molar-refractivity contribution in [3.05, 3.63) is 58.8 Å². The molecule has 5 rings (SSSR count). The lowest BCUT2D eigenvalue weighted by Gasteiger charge is -2.30. The van der Waals surface area contributed by atoms with Crippen LogP contribution in [0.4, 0.5) is 0 Å². The normalized spacial score (nSPS) is 16.2. The highest BCUT2D eigenvalue weighted by Gasteiger charge is 2.32. The number of hydrogen-bond acceptors (Lipinski definition) is 8. The number of rotatable bonds is 6. The minimum absolute atomic E-state index is 0.232. The zero-order chi connectivity index (χ0) is 21.4. The van der Waals surface area contributed by atoms with E-state index in [-0.39, 0.29) is 5.92 Å². The molecule has 4 aromatic heterocycles. The first-order valence-electron chi connectivity index (χ1n) is 9.93. The summed E-state index contributed by atoms with van der Waals surface area (Å²) in [7, 11) is -3.52. The summed E-state index contributed by atoms with van der Waals surface area (Å²) in [5, 5.41) is 7.01. The van der Waals surface area contributed by atoms with Gasteiger partial charge in [-0.15, -0.1) is 22.7 Å². The van der Waals surface area contributed by atoms with Gasteiger partial charge in [-0.3, -0.25) is 0 Å². The molecule has 0 aromatic carbocycles. The molecule has 0 radical (unpaired) electrons. The lowest BCUT2D eigenvalue weighted by molar-refractivity contribution is 0.310. The molecular formula is C20H21N5O3S3. The lowest BCUT2D eigenvalue weighted by atomic mass is 9.97. The van der Waals surface area contributed by atoms with E-state index in [1.807, 2.05) is 19.3 Å². The van der Waals surface area contributed by atoms with Crippen molar-refractivity contribution >= 4 is 32.7 Å². The number of sulfonamides is 1. The monoisotopic (exact) mass is 475 g/mol. The molecule has 0 spiro atoms. The highest BCUT2D eigenvalue weighted by Crippen LogP contribution is 2.34. The molecule has 8 nitrogen and oxygen atoms in total. The molecule has 0 amide bonds. The summed E-state index contributed by atoms with van der Waals surface area (Å²) in [5.41, 5.74) is 1.68. The third kappa shape index (κ3) is 4.10. The Hall–Kier alpha value is -2.34. The quantitative estimate of drug-likeness (QED) is 0.419. The Balaban J connectivity index is 1.27. The predicted octanol–water partition coefficient (Wildman–Crippen LogP) is 3.98. The van der Waals surface area contributed by atoms with E-state index in [0.29, 0.717) is 29.5 Å². The van der Waals surface area contributed by atoms with Crippen LogP contribution in [-0.4, -0.2) is 45.5 Å². The Kier molecular flexibility index (Phi) is 5.51. The second kappa shape index (κ2) is 8.30. The molecule has 0 unspecified atom stereocenters. The number of aryl methyl sites for hydroxylation is 1. The van der Waals surface area contributed by atoms with Crippen LogP contribution in [0.5, 0.6) is 0 Å². The molecule has 4 aromatic rings. The van der Waals surface area contributed by atoms with Crippen molar-refractivity contribution in [2.45, 2.75) is 36.4 Å². The minimum Gasteiger partial charge on any atom is -0.364 e. The fraction of sp³-hybridized carbons (Fsp3) is 0.350. The smallest absolute Gasteiger partial charge is 0.252 e. The molecule has 31 heavy (non-hydrogen) atoms. The maximum absolute atomic E-state index is 13.1. The molecule has 1 aliphatic heterocycles. The third-order valence-corrected chi connectivity index (χ3v) is 9.73. The van der Waals surface area contributed by atoms with Crippen LogP contribution in [0.25, 0.3) is 10.6 Å². The van der Waals surface area contributed by atoms with E-state index in [2.05, 4.69) is 25.1 Å². The van der Waals surface area contributed by atoms with Crippen LogP contribution in [-0.2, 0) is 16.6 Å². The van der Waals surface area contributed by atoms with Gasteiger partial charge < -0.3 is 9.09 Å². The first-order valence-corrected chi connectivity index (χ1v) is 13.1. The van der Waals surface area contributed by atoms with E-state index >= 15 is 0 Å². The van der Waals surface area contributed by atoms with E-state index in [1.54, 1.807) is 33.8 Å². The van der Waals surface area contributed by atoms with Crippen molar-refractivity contribution in [2.24, 2.45) is 0 Å². The summed E-state index contributed by atoms with van der Waals surface area (Å²) in [4.78, 5) is 9.90. The van der Waals surface area contributed by atoms with Crippen LogP contribution in [0.3, 0.4) is 0 Å². The van der Waals surface area contributed by atoms with E-state index in [1.165, 1.54) is 17.6 Å². The van der Waals surface area contributed by atoms with E-state index in [0.717, 1.165) is 34.2 Å². The van der Waals surface area contributed by atoms with Gasteiger partial charge in [0.2, 0.25) is 0 Å². The molecule has 0 atom stereocenters. The number of thiazole rings is 1. The number of thiophene rings is 1. The number of nitrogens with zero attached hydrogens (tertiary/aromatic N) is 5. The van der Waals surface area contributed by atoms with Crippen LogP contribution in [0.15, 0.2) is 51.0 Å². The van der Waals surface area contributed by atoms with Crippen LogP contribution < -0.4 is 0 Å². The minimum atomic E-state index is -3.52. The molecule has 1 aliphatic rings. The van der Waals surface area contributed by atoms with Crippen molar-refractivity contribution in [3.8, 4) is 10.6 Å². The fourth-order valence-electron chi connectivity index (χ4n) is 3.89. The molecule has 11 heteroatoms. The first-order chi connectivity index (χ1) is 15.0. The number of aromatic nitrogens is 4. The standard InChI is InChI=1S/C20H21N5O3S3/c1-14-22-16(13-29-14)12-24-10-7-21-20(24)15-4-8-25(9-5-15)31(26,27)19-3-2-18(30-19)17-6-11-28-23-17/h2-3,6-7,10-11,13,15H,4-5,8-9,12H2,1H3. The van der Waals surface area contributed by atoms with Crippen LogP contribution in [0.1, 0.15) is 35.3 Å². The molecule has 1 fully saturated rings.